The van der Waals surface area contributed by atoms with E-state index in [4.69, 9.17) is 11.6 Å². The van der Waals surface area contributed by atoms with Gasteiger partial charge in [0, 0.05) is 49.6 Å². The molecule has 0 radical (unpaired) electrons. The Morgan fingerprint density at radius 3 is 2.50 bits per heavy atom. The van der Waals surface area contributed by atoms with Crippen molar-refractivity contribution in [2.75, 3.05) is 37.6 Å². The fourth-order valence-electron chi connectivity index (χ4n) is 3.19. The van der Waals surface area contributed by atoms with Crippen molar-refractivity contribution in [3.63, 3.8) is 0 Å². The summed E-state index contributed by atoms with van der Waals surface area (Å²) < 4.78 is 1.63. The molecule has 1 fully saturated rings. The van der Waals surface area contributed by atoms with Crippen LogP contribution in [0.4, 0.5) is 5.69 Å². The number of likely N-dealkylation sites (N-methyl/N-ethyl adjacent to an activating group) is 1. The minimum atomic E-state index is 0.569. The lowest BCUT2D eigenvalue weighted by Gasteiger charge is -2.35. The van der Waals surface area contributed by atoms with E-state index in [9.17, 15) is 0 Å². The molecule has 0 amide bonds. The Morgan fingerprint density at radius 2 is 1.79 bits per heavy atom. The molecule has 4 rings (SSSR count). The normalized spacial score (nSPS) is 16.0. The van der Waals surface area contributed by atoms with Crippen molar-refractivity contribution < 1.29 is 0 Å². The van der Waals surface area contributed by atoms with Gasteiger partial charge in [-0.15, -0.1) is 0 Å². The Kier molecular flexibility index (Phi) is 4.12. The van der Waals surface area contributed by atoms with E-state index in [1.54, 1.807) is 10.7 Å². The molecule has 1 aliphatic heterocycles. The van der Waals surface area contributed by atoms with Crippen LogP contribution in [0.1, 0.15) is 6.92 Å². The number of halogens is 1. The van der Waals surface area contributed by atoms with Gasteiger partial charge in [-0.25, -0.2) is 9.50 Å². The van der Waals surface area contributed by atoms with Crippen molar-refractivity contribution in [2.45, 2.75) is 6.92 Å². The van der Waals surface area contributed by atoms with Crippen LogP contribution in [0.2, 0.25) is 5.15 Å². The summed E-state index contributed by atoms with van der Waals surface area (Å²) in [6.45, 7) is 7.79. The average molecular weight is 342 g/mol. The molecule has 5 nitrogen and oxygen atoms in total. The summed E-state index contributed by atoms with van der Waals surface area (Å²) in [5, 5.41) is 4.72. The smallest absolute Gasteiger partial charge is 0.157 e. The van der Waals surface area contributed by atoms with Crippen molar-refractivity contribution in [2.24, 2.45) is 0 Å². The van der Waals surface area contributed by atoms with Gasteiger partial charge in [-0.3, -0.25) is 0 Å². The maximum atomic E-state index is 6.28. The van der Waals surface area contributed by atoms with Crippen LogP contribution in [0, 0.1) is 0 Å². The van der Waals surface area contributed by atoms with E-state index in [0.29, 0.717) is 5.15 Å². The fourth-order valence-corrected chi connectivity index (χ4v) is 3.42. The third kappa shape index (κ3) is 2.85. The minimum absolute atomic E-state index is 0.569. The molecule has 3 aromatic rings. The molecule has 0 aliphatic carbocycles. The molecule has 0 spiro atoms. The van der Waals surface area contributed by atoms with E-state index in [2.05, 4.69) is 51.1 Å². The lowest BCUT2D eigenvalue weighted by atomic mass is 10.1. The average Bonchev–Trinajstić information content (AvgIpc) is 3.11. The molecule has 1 saturated heterocycles. The monoisotopic (exact) mass is 341 g/mol. The Balaban J connectivity index is 1.57. The zero-order chi connectivity index (χ0) is 16.5. The SMILES string of the molecule is CCN1CCN(c2ccc(-c3cc(Cl)n4nccc4n3)cc2)CC1. The van der Waals surface area contributed by atoms with Crippen molar-refractivity contribution >= 4 is 22.9 Å². The topological polar surface area (TPSA) is 36.7 Å². The van der Waals surface area contributed by atoms with Gasteiger partial charge in [0.25, 0.3) is 0 Å². The standard InChI is InChI=1S/C18H20ClN5/c1-2-22-9-11-23(12-10-22)15-5-3-14(4-6-15)16-13-17(19)24-18(21-16)7-8-20-24/h3-8,13H,2,9-12H2,1H3. The van der Waals surface area contributed by atoms with E-state index >= 15 is 0 Å². The predicted molar refractivity (Wildman–Crippen MR) is 97.8 cm³/mol. The van der Waals surface area contributed by atoms with Gasteiger partial charge in [0.2, 0.25) is 0 Å². The molecular weight excluding hydrogens is 322 g/mol. The van der Waals surface area contributed by atoms with Gasteiger partial charge >= 0.3 is 0 Å². The molecule has 6 heteroatoms. The Hall–Kier alpha value is -2.11. The maximum absolute atomic E-state index is 6.28. The lowest BCUT2D eigenvalue weighted by molar-refractivity contribution is 0.271. The molecule has 0 N–H and O–H groups in total. The number of hydrogen-bond acceptors (Lipinski definition) is 4. The molecule has 0 atom stereocenters. The second kappa shape index (κ2) is 6.42. The molecule has 0 saturated carbocycles. The molecule has 0 unspecified atom stereocenters. The van der Waals surface area contributed by atoms with Crippen LogP contribution in [-0.4, -0.2) is 52.2 Å². The molecule has 1 aliphatic rings. The third-order valence-corrected chi connectivity index (χ3v) is 4.93. The molecule has 0 bridgehead atoms. The van der Waals surface area contributed by atoms with Crippen LogP contribution >= 0.6 is 11.6 Å². The van der Waals surface area contributed by atoms with E-state index in [1.165, 1.54) is 5.69 Å². The molecule has 1 aromatic carbocycles. The largest absolute Gasteiger partial charge is 0.369 e. The Bertz CT molecular complexity index is 834. The second-order valence-electron chi connectivity index (χ2n) is 6.03. The zero-order valence-corrected chi connectivity index (χ0v) is 14.4. The van der Waals surface area contributed by atoms with Crippen LogP contribution in [0.3, 0.4) is 0 Å². The Labute approximate surface area is 146 Å². The number of benzene rings is 1. The number of fused-ring (bicyclic) bond motifs is 1. The molecular formula is C18H20ClN5. The predicted octanol–water partition coefficient (Wildman–Crippen LogP) is 3.19. The summed E-state index contributed by atoms with van der Waals surface area (Å²) in [7, 11) is 0. The van der Waals surface area contributed by atoms with Gasteiger partial charge in [-0.05, 0) is 18.7 Å². The first kappa shape index (κ1) is 15.4. The molecule has 124 valence electrons. The summed E-state index contributed by atoms with van der Waals surface area (Å²) in [5.74, 6) is 0. The van der Waals surface area contributed by atoms with Crippen molar-refractivity contribution in [1.29, 1.82) is 0 Å². The summed E-state index contributed by atoms with van der Waals surface area (Å²) in [6, 6.07) is 12.3. The van der Waals surface area contributed by atoms with Crippen LogP contribution in [0.5, 0.6) is 0 Å². The summed E-state index contributed by atoms with van der Waals surface area (Å²) in [4.78, 5) is 9.55. The number of aromatic nitrogens is 3. The Morgan fingerprint density at radius 1 is 1.04 bits per heavy atom. The van der Waals surface area contributed by atoms with Crippen molar-refractivity contribution in [3.05, 3.63) is 47.7 Å². The first-order chi connectivity index (χ1) is 11.7. The molecule has 2 aromatic heterocycles. The van der Waals surface area contributed by atoms with Crippen molar-refractivity contribution in [3.8, 4) is 11.3 Å². The summed E-state index contributed by atoms with van der Waals surface area (Å²) in [5.41, 5.74) is 3.97. The van der Waals surface area contributed by atoms with Crippen molar-refractivity contribution in [1.82, 2.24) is 19.5 Å². The van der Waals surface area contributed by atoms with E-state index in [0.717, 1.165) is 49.6 Å². The van der Waals surface area contributed by atoms with Gasteiger partial charge in [0.1, 0.15) is 5.15 Å². The van der Waals surface area contributed by atoms with Gasteiger partial charge in [-0.2, -0.15) is 5.10 Å². The van der Waals surface area contributed by atoms with Crippen LogP contribution in [0.15, 0.2) is 42.6 Å². The molecule has 24 heavy (non-hydrogen) atoms. The molecule has 3 heterocycles. The first-order valence-corrected chi connectivity index (χ1v) is 8.70. The number of nitrogens with zero attached hydrogens (tertiary/aromatic N) is 5. The number of rotatable bonds is 3. The summed E-state index contributed by atoms with van der Waals surface area (Å²) in [6.07, 6.45) is 1.71. The van der Waals surface area contributed by atoms with E-state index < -0.39 is 0 Å². The summed E-state index contributed by atoms with van der Waals surface area (Å²) >= 11 is 6.28. The van der Waals surface area contributed by atoms with Crippen LogP contribution in [-0.2, 0) is 0 Å². The number of hydrogen-bond donors (Lipinski definition) is 0. The highest BCUT2D eigenvalue weighted by atomic mass is 35.5. The van der Waals surface area contributed by atoms with Crippen LogP contribution < -0.4 is 4.90 Å². The number of piperazine rings is 1. The quantitative estimate of drug-likeness (QED) is 0.686. The van der Waals surface area contributed by atoms with E-state index in [1.807, 2.05) is 12.1 Å². The lowest BCUT2D eigenvalue weighted by Crippen LogP contribution is -2.46. The van der Waals surface area contributed by atoms with Crippen LogP contribution in [0.25, 0.3) is 16.9 Å². The van der Waals surface area contributed by atoms with E-state index in [-0.39, 0.29) is 0 Å². The highest BCUT2D eigenvalue weighted by Gasteiger charge is 2.16. The van der Waals surface area contributed by atoms with Gasteiger partial charge < -0.3 is 9.80 Å². The third-order valence-electron chi connectivity index (χ3n) is 4.66. The first-order valence-electron chi connectivity index (χ1n) is 8.32. The fraction of sp³-hybridized carbons (Fsp3) is 0.333. The highest BCUT2D eigenvalue weighted by molar-refractivity contribution is 6.30. The highest BCUT2D eigenvalue weighted by Crippen LogP contribution is 2.25. The number of anilines is 1. The minimum Gasteiger partial charge on any atom is -0.369 e. The maximum Gasteiger partial charge on any atom is 0.157 e. The van der Waals surface area contributed by atoms with Gasteiger partial charge in [0.05, 0.1) is 11.9 Å². The zero-order valence-electron chi connectivity index (χ0n) is 13.7. The van der Waals surface area contributed by atoms with Gasteiger partial charge in [-0.1, -0.05) is 30.7 Å². The van der Waals surface area contributed by atoms with Gasteiger partial charge in [0.15, 0.2) is 5.65 Å². The second-order valence-corrected chi connectivity index (χ2v) is 6.42.